The van der Waals surface area contributed by atoms with E-state index >= 15 is 0 Å². The van der Waals surface area contributed by atoms with E-state index in [0.717, 1.165) is 35.5 Å². The van der Waals surface area contributed by atoms with Crippen LogP contribution in [0.5, 0.6) is 0 Å². The molecule has 0 spiro atoms. The molecule has 0 heterocycles. The van der Waals surface area contributed by atoms with Crippen LogP contribution in [-0.2, 0) is 0 Å². The van der Waals surface area contributed by atoms with Crippen LogP contribution in [0.3, 0.4) is 0 Å². The van der Waals surface area contributed by atoms with Crippen molar-refractivity contribution < 1.29 is 40.4 Å². The molecule has 22 heavy (non-hydrogen) atoms. The van der Waals surface area contributed by atoms with Crippen LogP contribution in [0.15, 0.2) is 0 Å². The van der Waals surface area contributed by atoms with Gasteiger partial charge in [0.2, 0.25) is 0 Å². The van der Waals surface area contributed by atoms with E-state index < -0.39 is 0 Å². The summed E-state index contributed by atoms with van der Waals surface area (Å²) in [6.45, 7) is 33.8. The predicted octanol–water partition coefficient (Wildman–Crippen LogP) is 6.14. The second-order valence-electron chi connectivity index (χ2n) is 5.51. The van der Waals surface area contributed by atoms with E-state index in [2.05, 4.69) is 41.5 Å². The molecule has 0 saturated heterocycles. The molecule has 0 aliphatic heterocycles. The van der Waals surface area contributed by atoms with Crippen LogP contribution in [-0.4, -0.2) is 0 Å². The van der Waals surface area contributed by atoms with Crippen LogP contribution in [0.1, 0.15) is 41.5 Å². The van der Waals surface area contributed by atoms with Crippen molar-refractivity contribution in [3.05, 3.63) is 96.3 Å². The van der Waals surface area contributed by atoms with Gasteiger partial charge in [-0.2, -0.15) is 0 Å². The fraction of sp³-hybridized carbons (Fsp3) is 0.286. The fourth-order valence-corrected chi connectivity index (χ4v) is 1.26. The first kappa shape index (κ1) is 31.1. The second kappa shape index (κ2) is 20.4. The van der Waals surface area contributed by atoms with Gasteiger partial charge in [-0.3, -0.25) is 0 Å². The quantitative estimate of drug-likeness (QED) is 0.470. The second-order valence-corrected chi connectivity index (χ2v) is 5.51. The normalized spacial score (nSPS) is 10.6. The van der Waals surface area contributed by atoms with Crippen molar-refractivity contribution >= 4 is 0 Å². The summed E-state index contributed by atoms with van der Waals surface area (Å²) in [6.07, 6.45) is 5.83. The molecule has 0 amide bonds. The van der Waals surface area contributed by atoms with Crippen molar-refractivity contribution in [2.45, 2.75) is 41.5 Å². The molecule has 15 radical (unpaired) electrons. The number of hydrogen-bond donors (Lipinski definition) is 0. The summed E-state index contributed by atoms with van der Waals surface area (Å²) >= 11 is 0. The zero-order valence-electron chi connectivity index (χ0n) is 15.4. The number of hydrogen-bond acceptors (Lipinski definition) is 0. The molecule has 1 heteroatoms. The van der Waals surface area contributed by atoms with Crippen molar-refractivity contribution in [3.8, 4) is 0 Å². The molecule has 0 aromatic carbocycles. The Hall–Kier alpha value is 1.34. The minimum Gasteiger partial charge on any atom is -0.0588 e. The summed E-state index contributed by atoms with van der Waals surface area (Å²) in [7, 11) is 0. The van der Waals surface area contributed by atoms with Crippen molar-refractivity contribution in [1.82, 2.24) is 0 Å². The van der Waals surface area contributed by atoms with Crippen molar-refractivity contribution in [1.29, 1.82) is 0 Å². The van der Waals surface area contributed by atoms with Gasteiger partial charge in [0.25, 0.3) is 0 Å². The maximum Gasteiger partial charge on any atom is 0 e. The minimum atomic E-state index is 0. The van der Waals surface area contributed by atoms with Gasteiger partial charge >= 0.3 is 0 Å². The average molecular weight is 436 g/mol. The van der Waals surface area contributed by atoms with E-state index in [1.54, 1.807) is 0 Å². The summed E-state index contributed by atoms with van der Waals surface area (Å²) in [5, 5.41) is 0. The minimum absolute atomic E-state index is 0. The molecule has 0 aromatic heterocycles. The van der Waals surface area contributed by atoms with Crippen LogP contribution < -0.4 is 0 Å². The average Bonchev–Trinajstić information content (AvgIpc) is 2.10. The Kier molecular flexibility index (Phi) is 28.9. The molecule has 123 valence electrons. The molecule has 0 saturated carbocycles. The third kappa shape index (κ3) is 49.6. The fourth-order valence-electron chi connectivity index (χ4n) is 1.26. The summed E-state index contributed by atoms with van der Waals surface area (Å²) in [4.78, 5) is 0. The van der Waals surface area contributed by atoms with E-state index in [0.29, 0.717) is 0 Å². The van der Waals surface area contributed by atoms with E-state index in [9.17, 15) is 0 Å². The Bertz CT molecular complexity index is 127. The molecular formula is C21H33Sm. The molecule has 0 atom stereocenters. The van der Waals surface area contributed by atoms with E-state index in [1.807, 2.05) is 60.8 Å². The first-order chi connectivity index (χ1) is 9.38. The molecule has 0 unspecified atom stereocenters. The summed E-state index contributed by atoms with van der Waals surface area (Å²) < 4.78 is 0. The van der Waals surface area contributed by atoms with Crippen molar-refractivity contribution in [2.24, 2.45) is 0 Å². The molecule has 0 rings (SSSR count). The molecule has 0 aromatic rings. The van der Waals surface area contributed by atoms with Crippen LogP contribution in [0.2, 0.25) is 0 Å². The largest absolute Gasteiger partial charge is 0.0588 e. The summed E-state index contributed by atoms with van der Waals surface area (Å²) in [5.74, 6) is 6.38. The maximum atomic E-state index is 3.68. The van der Waals surface area contributed by atoms with Gasteiger partial charge in [0.05, 0.1) is 0 Å². The zero-order valence-corrected chi connectivity index (χ0v) is 18.0. The van der Waals surface area contributed by atoms with Crippen molar-refractivity contribution in [3.63, 3.8) is 0 Å². The smallest absolute Gasteiger partial charge is 0 e. The van der Waals surface area contributed by atoms with E-state index in [4.69, 9.17) is 0 Å². The molecule has 0 aliphatic carbocycles. The maximum absolute atomic E-state index is 3.68. The van der Waals surface area contributed by atoms with Gasteiger partial charge in [-0.25, -0.2) is 0 Å². The SMILES string of the molecule is [CH2][C](C)[CH][C]([CH2])C.[CH2][C](C)[CH][C]([CH2])C.[CH2][C](C)[CH][C]([CH2])C.[Sm]. The first-order valence-corrected chi connectivity index (χ1v) is 6.85. The molecule has 0 N–H and O–H groups in total. The standard InChI is InChI=1S/3C7H11.Sm/c3*1-6(2)5-7(3)4;/h3*5H,1,3H2,2,4H3;. The Morgan fingerprint density at radius 3 is 0.500 bits per heavy atom. The van der Waals surface area contributed by atoms with Gasteiger partial charge in [-0.05, 0) is 96.3 Å². The monoisotopic (exact) mass is 437 g/mol. The van der Waals surface area contributed by atoms with Crippen LogP contribution >= 0.6 is 0 Å². The number of rotatable bonds is 6. The van der Waals surface area contributed by atoms with E-state index in [1.165, 1.54) is 0 Å². The topological polar surface area (TPSA) is 0 Å². The molecule has 0 bridgehead atoms. The Labute approximate surface area is 177 Å². The summed E-state index contributed by atoms with van der Waals surface area (Å²) in [6, 6.07) is 0. The summed E-state index contributed by atoms with van der Waals surface area (Å²) in [5.41, 5.74) is 0. The van der Waals surface area contributed by atoms with Gasteiger partial charge in [0.1, 0.15) is 0 Å². The zero-order chi connectivity index (χ0) is 17.6. The predicted molar refractivity (Wildman–Crippen MR) is 98.5 cm³/mol. The van der Waals surface area contributed by atoms with Gasteiger partial charge in [-0.15, -0.1) is 0 Å². The third-order valence-electron chi connectivity index (χ3n) is 1.48. The molecule has 0 fully saturated rings. The van der Waals surface area contributed by atoms with Crippen molar-refractivity contribution in [2.75, 3.05) is 0 Å². The first-order valence-electron chi connectivity index (χ1n) is 6.85. The van der Waals surface area contributed by atoms with Gasteiger partial charge < -0.3 is 0 Å². The third-order valence-corrected chi connectivity index (χ3v) is 1.48. The van der Waals surface area contributed by atoms with E-state index in [-0.39, 0.29) is 40.4 Å². The van der Waals surface area contributed by atoms with Crippen LogP contribution in [0, 0.1) is 137 Å². The molecule has 0 aliphatic rings. The van der Waals surface area contributed by atoms with Gasteiger partial charge in [-0.1, -0.05) is 41.5 Å². The Morgan fingerprint density at radius 2 is 0.500 bits per heavy atom. The van der Waals surface area contributed by atoms with Gasteiger partial charge in [0, 0.05) is 40.4 Å². The van der Waals surface area contributed by atoms with Gasteiger partial charge in [0.15, 0.2) is 0 Å². The van der Waals surface area contributed by atoms with Crippen LogP contribution in [0.4, 0.5) is 0 Å². The molecule has 0 nitrogen and oxygen atoms in total. The van der Waals surface area contributed by atoms with Crippen LogP contribution in [0.25, 0.3) is 0 Å². The Morgan fingerprint density at radius 1 is 0.409 bits per heavy atom. The molecular weight excluding hydrogens is 403 g/mol. The Balaban J connectivity index is -0.000000108.